The summed E-state index contributed by atoms with van der Waals surface area (Å²) < 4.78 is 5.55. The van der Waals surface area contributed by atoms with Crippen LogP contribution in [0.15, 0.2) is 48.5 Å². The van der Waals surface area contributed by atoms with Crippen molar-refractivity contribution < 1.29 is 9.84 Å². The molecule has 0 aromatic heterocycles. The first-order chi connectivity index (χ1) is 11.2. The second kappa shape index (κ2) is 8.99. The summed E-state index contributed by atoms with van der Waals surface area (Å²) in [5, 5.41) is 9.32. The molecule has 3 heteroatoms. The quantitative estimate of drug-likeness (QED) is 0.761. The first-order valence-corrected chi connectivity index (χ1v) is 7.85. The maximum absolute atomic E-state index is 9.32. The SMILES string of the molecule is C#Cc1ccc(CN(CCO)Cc2cccc(OCC)c2)cc1. The van der Waals surface area contributed by atoms with Crippen molar-refractivity contribution in [2.45, 2.75) is 20.0 Å². The zero-order valence-corrected chi connectivity index (χ0v) is 13.5. The molecule has 1 N–H and O–H groups in total. The van der Waals surface area contributed by atoms with E-state index in [9.17, 15) is 5.11 Å². The van der Waals surface area contributed by atoms with Gasteiger partial charge in [-0.1, -0.05) is 30.2 Å². The van der Waals surface area contributed by atoms with Gasteiger partial charge in [-0.05, 0) is 42.3 Å². The fourth-order valence-corrected chi connectivity index (χ4v) is 2.48. The summed E-state index contributed by atoms with van der Waals surface area (Å²) in [5.74, 6) is 3.50. The van der Waals surface area contributed by atoms with Gasteiger partial charge in [0, 0.05) is 25.2 Å². The summed E-state index contributed by atoms with van der Waals surface area (Å²) in [6.45, 7) is 4.92. The predicted octanol–water partition coefficient (Wildman–Crippen LogP) is 3.06. The van der Waals surface area contributed by atoms with E-state index in [-0.39, 0.29) is 6.61 Å². The van der Waals surface area contributed by atoms with Crippen LogP contribution < -0.4 is 4.74 Å². The lowest BCUT2D eigenvalue weighted by Crippen LogP contribution is -2.26. The van der Waals surface area contributed by atoms with Crippen molar-refractivity contribution in [3.05, 3.63) is 65.2 Å². The fourth-order valence-electron chi connectivity index (χ4n) is 2.48. The Kier molecular flexibility index (Phi) is 6.68. The van der Waals surface area contributed by atoms with Gasteiger partial charge in [0.15, 0.2) is 0 Å². The number of nitrogens with zero attached hydrogens (tertiary/aromatic N) is 1. The normalized spacial score (nSPS) is 10.5. The molecule has 23 heavy (non-hydrogen) atoms. The summed E-state index contributed by atoms with van der Waals surface area (Å²) >= 11 is 0. The molecule has 2 aromatic carbocycles. The third-order valence-electron chi connectivity index (χ3n) is 3.56. The van der Waals surface area contributed by atoms with Gasteiger partial charge in [-0.3, -0.25) is 4.90 Å². The highest BCUT2D eigenvalue weighted by Crippen LogP contribution is 2.16. The molecule has 0 atom stereocenters. The molecule has 2 rings (SSSR count). The van der Waals surface area contributed by atoms with Gasteiger partial charge in [0.2, 0.25) is 0 Å². The van der Waals surface area contributed by atoms with Gasteiger partial charge in [-0.2, -0.15) is 0 Å². The lowest BCUT2D eigenvalue weighted by Gasteiger charge is -2.22. The molecular weight excluding hydrogens is 286 g/mol. The van der Waals surface area contributed by atoms with Crippen LogP contribution in [-0.4, -0.2) is 29.8 Å². The van der Waals surface area contributed by atoms with Crippen LogP contribution in [0.5, 0.6) is 5.75 Å². The van der Waals surface area contributed by atoms with Crippen LogP contribution >= 0.6 is 0 Å². The molecule has 0 heterocycles. The van der Waals surface area contributed by atoms with Gasteiger partial charge >= 0.3 is 0 Å². The monoisotopic (exact) mass is 309 g/mol. The van der Waals surface area contributed by atoms with Gasteiger partial charge in [-0.15, -0.1) is 6.42 Å². The largest absolute Gasteiger partial charge is 0.494 e. The van der Waals surface area contributed by atoms with E-state index < -0.39 is 0 Å². The molecule has 0 amide bonds. The summed E-state index contributed by atoms with van der Waals surface area (Å²) in [6.07, 6.45) is 5.38. The Morgan fingerprint density at radius 3 is 2.48 bits per heavy atom. The van der Waals surface area contributed by atoms with Crippen LogP contribution in [0.2, 0.25) is 0 Å². The number of rotatable bonds is 8. The van der Waals surface area contributed by atoms with Gasteiger partial charge in [0.1, 0.15) is 5.75 Å². The van der Waals surface area contributed by atoms with E-state index in [1.165, 1.54) is 11.1 Å². The standard InChI is InChI=1S/C20H23NO2/c1-3-17-8-10-18(11-9-17)15-21(12-13-22)16-19-6-5-7-20(14-19)23-4-2/h1,5-11,14,22H,4,12-13,15-16H2,2H3. The smallest absolute Gasteiger partial charge is 0.119 e. The highest BCUT2D eigenvalue weighted by molar-refractivity contribution is 5.34. The van der Waals surface area contributed by atoms with E-state index in [1.807, 2.05) is 43.3 Å². The number of hydrogen-bond acceptors (Lipinski definition) is 3. The highest BCUT2D eigenvalue weighted by Gasteiger charge is 2.07. The van der Waals surface area contributed by atoms with Crippen LogP contribution in [0.4, 0.5) is 0 Å². The van der Waals surface area contributed by atoms with E-state index in [1.54, 1.807) is 0 Å². The Labute approximate surface area is 138 Å². The van der Waals surface area contributed by atoms with Crippen molar-refractivity contribution in [1.82, 2.24) is 4.90 Å². The Morgan fingerprint density at radius 2 is 1.83 bits per heavy atom. The molecule has 120 valence electrons. The summed E-state index contributed by atoms with van der Waals surface area (Å²) in [7, 11) is 0. The van der Waals surface area contributed by atoms with Crippen molar-refractivity contribution in [3.8, 4) is 18.1 Å². The van der Waals surface area contributed by atoms with E-state index in [2.05, 4.69) is 23.0 Å². The van der Waals surface area contributed by atoms with Crippen LogP contribution in [0, 0.1) is 12.3 Å². The molecule has 0 fully saturated rings. The van der Waals surface area contributed by atoms with E-state index in [0.29, 0.717) is 13.2 Å². The third kappa shape index (κ3) is 5.45. The second-order valence-corrected chi connectivity index (χ2v) is 5.36. The number of aliphatic hydroxyl groups is 1. The number of benzene rings is 2. The van der Waals surface area contributed by atoms with Crippen molar-refractivity contribution in [3.63, 3.8) is 0 Å². The lowest BCUT2D eigenvalue weighted by molar-refractivity contribution is 0.184. The minimum Gasteiger partial charge on any atom is -0.494 e. The third-order valence-corrected chi connectivity index (χ3v) is 3.56. The molecule has 0 saturated heterocycles. The summed E-state index contributed by atoms with van der Waals surface area (Å²) in [5.41, 5.74) is 3.23. The molecule has 2 aromatic rings. The van der Waals surface area contributed by atoms with Crippen LogP contribution in [0.1, 0.15) is 23.6 Å². The molecule has 0 radical (unpaired) electrons. The van der Waals surface area contributed by atoms with Gasteiger partial charge in [0.25, 0.3) is 0 Å². The summed E-state index contributed by atoms with van der Waals surface area (Å²) in [6, 6.07) is 16.1. The molecule has 0 aliphatic rings. The van der Waals surface area contributed by atoms with Crippen molar-refractivity contribution in [1.29, 1.82) is 0 Å². The van der Waals surface area contributed by atoms with Crippen molar-refractivity contribution in [2.24, 2.45) is 0 Å². The molecule has 0 aliphatic carbocycles. The predicted molar refractivity (Wildman–Crippen MR) is 93.2 cm³/mol. The molecule has 3 nitrogen and oxygen atoms in total. The Balaban J connectivity index is 2.05. The molecule has 0 aliphatic heterocycles. The minimum atomic E-state index is 0.133. The van der Waals surface area contributed by atoms with Gasteiger partial charge < -0.3 is 9.84 Å². The van der Waals surface area contributed by atoms with Gasteiger partial charge in [0.05, 0.1) is 13.2 Å². The maximum Gasteiger partial charge on any atom is 0.119 e. The molecule has 0 saturated carbocycles. The average molecular weight is 309 g/mol. The van der Waals surface area contributed by atoms with Crippen molar-refractivity contribution in [2.75, 3.05) is 19.8 Å². The number of hydrogen-bond donors (Lipinski definition) is 1. The van der Waals surface area contributed by atoms with E-state index in [0.717, 1.165) is 24.4 Å². The Bertz CT molecular complexity index is 643. The Morgan fingerprint density at radius 1 is 1.09 bits per heavy atom. The second-order valence-electron chi connectivity index (χ2n) is 5.36. The minimum absolute atomic E-state index is 0.133. The van der Waals surface area contributed by atoms with Gasteiger partial charge in [-0.25, -0.2) is 0 Å². The Hall–Kier alpha value is -2.28. The first-order valence-electron chi connectivity index (χ1n) is 7.85. The highest BCUT2D eigenvalue weighted by atomic mass is 16.5. The molecule has 0 spiro atoms. The summed E-state index contributed by atoms with van der Waals surface area (Å²) in [4.78, 5) is 2.20. The number of aliphatic hydroxyl groups excluding tert-OH is 1. The fraction of sp³-hybridized carbons (Fsp3) is 0.300. The maximum atomic E-state index is 9.32. The van der Waals surface area contributed by atoms with E-state index in [4.69, 9.17) is 11.2 Å². The van der Waals surface area contributed by atoms with Crippen molar-refractivity contribution >= 4 is 0 Å². The molecule has 0 unspecified atom stereocenters. The van der Waals surface area contributed by atoms with Crippen LogP contribution in [0.3, 0.4) is 0 Å². The van der Waals surface area contributed by atoms with Crippen LogP contribution in [-0.2, 0) is 13.1 Å². The molecule has 0 bridgehead atoms. The van der Waals surface area contributed by atoms with E-state index >= 15 is 0 Å². The zero-order chi connectivity index (χ0) is 16.5. The zero-order valence-electron chi connectivity index (χ0n) is 13.5. The first kappa shape index (κ1) is 17.1. The lowest BCUT2D eigenvalue weighted by atomic mass is 10.1. The topological polar surface area (TPSA) is 32.7 Å². The molecular formula is C20H23NO2. The van der Waals surface area contributed by atoms with Crippen LogP contribution in [0.25, 0.3) is 0 Å². The number of ether oxygens (including phenoxy) is 1. The average Bonchev–Trinajstić information content (AvgIpc) is 2.56. The number of terminal acetylenes is 1.